The van der Waals surface area contributed by atoms with Gasteiger partial charge in [0.2, 0.25) is 11.7 Å². The molecule has 1 aromatic heterocycles. The number of methoxy groups -OCH3 is 1. The van der Waals surface area contributed by atoms with E-state index in [1.807, 2.05) is 61.5 Å². The predicted molar refractivity (Wildman–Crippen MR) is 121 cm³/mol. The Morgan fingerprint density at radius 3 is 2.35 bits per heavy atom. The average Bonchev–Trinajstić information content (AvgIpc) is 3.16. The molecule has 0 bridgehead atoms. The summed E-state index contributed by atoms with van der Waals surface area (Å²) in [5, 5.41) is 3.49. The fraction of sp³-hybridized carbons (Fsp3) is 0.0769. The number of amides is 1. The highest BCUT2D eigenvalue weighted by molar-refractivity contribution is 6.18. The first-order valence-electron chi connectivity index (χ1n) is 9.81. The van der Waals surface area contributed by atoms with Crippen LogP contribution in [0.2, 0.25) is 0 Å². The topological polar surface area (TPSA) is 68.5 Å². The first kappa shape index (κ1) is 20.2. The molecule has 0 spiro atoms. The molecule has 3 aromatic carbocycles. The van der Waals surface area contributed by atoms with Crippen LogP contribution in [0.5, 0.6) is 5.75 Å². The van der Waals surface area contributed by atoms with Gasteiger partial charge in [-0.25, -0.2) is 0 Å². The largest absolute Gasteiger partial charge is 0.497 e. The maximum atomic E-state index is 13.1. The fourth-order valence-corrected chi connectivity index (χ4v) is 3.22. The third-order valence-corrected chi connectivity index (χ3v) is 4.91. The normalized spacial score (nSPS) is 11.0. The highest BCUT2D eigenvalue weighted by Crippen LogP contribution is 2.32. The number of aryl methyl sites for hydroxylation is 1. The Morgan fingerprint density at radius 2 is 1.65 bits per heavy atom. The standard InChI is InChI=1S/C26H21NO4/c1-17-7-12-19(13-8-17)25(29)26-24(21-5-3-4-6-22(21)31-26)27-23(28)16-11-18-9-14-20(30-2)15-10-18/h3-16H,1-2H3,(H,27,28). The van der Waals surface area contributed by atoms with Gasteiger partial charge in [0.25, 0.3) is 0 Å². The van der Waals surface area contributed by atoms with Crippen LogP contribution in [0.1, 0.15) is 27.2 Å². The van der Waals surface area contributed by atoms with E-state index < -0.39 is 0 Å². The second-order valence-electron chi connectivity index (χ2n) is 7.09. The third-order valence-electron chi connectivity index (χ3n) is 4.91. The van der Waals surface area contributed by atoms with Crippen LogP contribution in [-0.4, -0.2) is 18.8 Å². The summed E-state index contributed by atoms with van der Waals surface area (Å²) in [5.41, 5.74) is 3.30. The van der Waals surface area contributed by atoms with Gasteiger partial charge in [0, 0.05) is 17.0 Å². The Morgan fingerprint density at radius 1 is 0.935 bits per heavy atom. The second-order valence-corrected chi connectivity index (χ2v) is 7.09. The first-order chi connectivity index (χ1) is 15.0. The number of carbonyl (C=O) groups excluding carboxylic acids is 2. The van der Waals surface area contributed by atoms with Gasteiger partial charge in [-0.2, -0.15) is 0 Å². The lowest BCUT2D eigenvalue weighted by Crippen LogP contribution is -2.11. The number of fused-ring (bicyclic) bond motifs is 1. The minimum atomic E-state index is -0.361. The zero-order valence-electron chi connectivity index (χ0n) is 17.2. The molecule has 0 aliphatic heterocycles. The predicted octanol–water partition coefficient (Wildman–Crippen LogP) is 5.63. The van der Waals surface area contributed by atoms with Crippen molar-refractivity contribution in [2.24, 2.45) is 0 Å². The van der Waals surface area contributed by atoms with Crippen LogP contribution in [0.25, 0.3) is 17.0 Å². The molecule has 0 unspecified atom stereocenters. The molecular weight excluding hydrogens is 390 g/mol. The average molecular weight is 411 g/mol. The number of hydrogen-bond acceptors (Lipinski definition) is 4. The molecular formula is C26H21NO4. The minimum absolute atomic E-state index is 0.108. The van der Waals surface area contributed by atoms with Crippen LogP contribution in [0, 0.1) is 6.92 Å². The summed E-state index contributed by atoms with van der Waals surface area (Å²) in [6, 6.07) is 21.8. The quantitative estimate of drug-likeness (QED) is 0.330. The van der Waals surface area contributed by atoms with Gasteiger partial charge < -0.3 is 14.5 Å². The Balaban J connectivity index is 1.63. The smallest absolute Gasteiger partial charge is 0.248 e. The molecule has 1 amide bonds. The summed E-state index contributed by atoms with van der Waals surface area (Å²) >= 11 is 0. The van der Waals surface area contributed by atoms with E-state index in [1.54, 1.807) is 31.4 Å². The molecule has 5 heteroatoms. The number of rotatable bonds is 6. The van der Waals surface area contributed by atoms with Crippen molar-refractivity contribution in [3.63, 3.8) is 0 Å². The molecule has 4 aromatic rings. The highest BCUT2D eigenvalue weighted by atomic mass is 16.5. The van der Waals surface area contributed by atoms with Crippen molar-refractivity contribution in [1.82, 2.24) is 0 Å². The van der Waals surface area contributed by atoms with E-state index in [4.69, 9.17) is 9.15 Å². The number of benzene rings is 3. The zero-order chi connectivity index (χ0) is 21.8. The van der Waals surface area contributed by atoms with Gasteiger partial charge in [0.1, 0.15) is 11.3 Å². The molecule has 0 aliphatic rings. The molecule has 0 aliphatic carbocycles. The van der Waals surface area contributed by atoms with Crippen LogP contribution >= 0.6 is 0 Å². The summed E-state index contributed by atoms with van der Waals surface area (Å²) in [7, 11) is 1.60. The Kier molecular flexibility index (Phi) is 5.67. The van der Waals surface area contributed by atoms with Crippen molar-refractivity contribution in [1.29, 1.82) is 0 Å². The van der Waals surface area contributed by atoms with Crippen molar-refractivity contribution in [3.05, 3.63) is 101 Å². The lowest BCUT2D eigenvalue weighted by Gasteiger charge is -2.04. The number of furan rings is 1. The molecule has 0 atom stereocenters. The van der Waals surface area contributed by atoms with E-state index in [9.17, 15) is 9.59 Å². The van der Waals surface area contributed by atoms with Crippen LogP contribution in [-0.2, 0) is 4.79 Å². The summed E-state index contributed by atoms with van der Waals surface area (Å²) < 4.78 is 11.0. The molecule has 31 heavy (non-hydrogen) atoms. The fourth-order valence-electron chi connectivity index (χ4n) is 3.22. The van der Waals surface area contributed by atoms with Crippen LogP contribution < -0.4 is 10.1 Å². The number of nitrogens with one attached hydrogen (secondary N) is 1. The number of ketones is 1. The summed E-state index contributed by atoms with van der Waals surface area (Å²) in [4.78, 5) is 25.7. The van der Waals surface area contributed by atoms with Gasteiger partial charge in [-0.05, 0) is 42.8 Å². The molecule has 1 N–H and O–H groups in total. The van der Waals surface area contributed by atoms with Gasteiger partial charge in [0.15, 0.2) is 5.76 Å². The molecule has 1 heterocycles. The summed E-state index contributed by atoms with van der Waals surface area (Å²) in [5.74, 6) is 0.202. The van der Waals surface area contributed by atoms with E-state index in [1.165, 1.54) is 6.08 Å². The number of ether oxygens (including phenoxy) is 1. The van der Waals surface area contributed by atoms with Crippen LogP contribution in [0.15, 0.2) is 83.3 Å². The summed E-state index contributed by atoms with van der Waals surface area (Å²) in [6.07, 6.45) is 3.11. The maximum absolute atomic E-state index is 13.1. The monoisotopic (exact) mass is 411 g/mol. The van der Waals surface area contributed by atoms with E-state index >= 15 is 0 Å². The lowest BCUT2D eigenvalue weighted by molar-refractivity contribution is -0.111. The number of hydrogen-bond donors (Lipinski definition) is 1. The Bertz CT molecular complexity index is 1270. The molecule has 0 saturated heterocycles. The van der Waals surface area contributed by atoms with Crippen molar-refractivity contribution in [3.8, 4) is 5.75 Å². The third kappa shape index (κ3) is 4.41. The van der Waals surface area contributed by atoms with E-state index in [-0.39, 0.29) is 17.5 Å². The van der Waals surface area contributed by atoms with E-state index in [0.717, 1.165) is 16.9 Å². The second kappa shape index (κ2) is 8.71. The van der Waals surface area contributed by atoms with Crippen molar-refractivity contribution >= 4 is 34.4 Å². The molecule has 5 nitrogen and oxygen atoms in total. The van der Waals surface area contributed by atoms with Gasteiger partial charge >= 0.3 is 0 Å². The molecule has 154 valence electrons. The van der Waals surface area contributed by atoms with Gasteiger partial charge in [-0.15, -0.1) is 0 Å². The van der Waals surface area contributed by atoms with Crippen molar-refractivity contribution in [2.45, 2.75) is 6.92 Å². The molecule has 4 rings (SSSR count). The Labute approximate surface area is 180 Å². The van der Waals surface area contributed by atoms with Crippen molar-refractivity contribution in [2.75, 3.05) is 12.4 Å². The van der Waals surface area contributed by atoms with E-state index in [2.05, 4.69) is 5.32 Å². The van der Waals surface area contributed by atoms with Crippen LogP contribution in [0.3, 0.4) is 0 Å². The highest BCUT2D eigenvalue weighted by Gasteiger charge is 2.22. The van der Waals surface area contributed by atoms with Crippen molar-refractivity contribution < 1.29 is 18.7 Å². The minimum Gasteiger partial charge on any atom is -0.497 e. The zero-order valence-corrected chi connectivity index (χ0v) is 17.2. The lowest BCUT2D eigenvalue weighted by atomic mass is 10.1. The number of carbonyl (C=O) groups is 2. The molecule has 0 fully saturated rings. The SMILES string of the molecule is COc1ccc(C=CC(=O)Nc2c(C(=O)c3ccc(C)cc3)oc3ccccc23)cc1. The van der Waals surface area contributed by atoms with Gasteiger partial charge in [0.05, 0.1) is 12.8 Å². The number of anilines is 1. The Hall–Kier alpha value is -4.12. The molecule has 0 radical (unpaired) electrons. The van der Waals surface area contributed by atoms with Crippen LogP contribution in [0.4, 0.5) is 5.69 Å². The number of para-hydroxylation sites is 1. The maximum Gasteiger partial charge on any atom is 0.248 e. The summed E-state index contributed by atoms with van der Waals surface area (Å²) in [6.45, 7) is 1.95. The van der Waals surface area contributed by atoms with E-state index in [0.29, 0.717) is 22.2 Å². The first-order valence-corrected chi connectivity index (χ1v) is 9.81. The van der Waals surface area contributed by atoms with Gasteiger partial charge in [-0.1, -0.05) is 54.1 Å². The van der Waals surface area contributed by atoms with Gasteiger partial charge in [-0.3, -0.25) is 9.59 Å². The molecule has 0 saturated carbocycles.